The molecule has 2 saturated heterocycles. The van der Waals surface area contributed by atoms with Gasteiger partial charge >= 0.3 is 0 Å². The highest BCUT2D eigenvalue weighted by atomic mass is 16.8. The van der Waals surface area contributed by atoms with Crippen LogP contribution < -0.4 is 0 Å². The van der Waals surface area contributed by atoms with Gasteiger partial charge in [0.15, 0.2) is 18.0 Å². The van der Waals surface area contributed by atoms with E-state index in [2.05, 4.69) is 86.4 Å². The number of unbranched alkanes of at least 4 members (excludes halogenated alkanes) is 18. The predicted octanol–water partition coefficient (Wildman–Crippen LogP) is 11.7. The summed E-state index contributed by atoms with van der Waals surface area (Å²) in [6.45, 7) is 7.35. The van der Waals surface area contributed by atoms with E-state index in [0.717, 1.165) is 77.3 Å². The Bertz CT molecular complexity index is 1020. The summed E-state index contributed by atoms with van der Waals surface area (Å²) < 4.78 is 13.1. The van der Waals surface area contributed by atoms with Gasteiger partial charge in [0, 0.05) is 39.0 Å². The third-order valence-corrected chi connectivity index (χ3v) is 11.1. The topological polar surface area (TPSA) is 62.3 Å². The van der Waals surface area contributed by atoms with Crippen LogP contribution in [0.25, 0.3) is 0 Å². The van der Waals surface area contributed by atoms with Gasteiger partial charge in [-0.1, -0.05) is 140 Å². The summed E-state index contributed by atoms with van der Waals surface area (Å²) in [7, 11) is 6.14. The fourth-order valence-corrected chi connectivity index (χ4v) is 7.49. The second-order valence-corrected chi connectivity index (χ2v) is 16.6. The summed E-state index contributed by atoms with van der Waals surface area (Å²) in [6.07, 6.45) is 47.3. The number of hydrogen-bond donors (Lipinski definition) is 0. The summed E-state index contributed by atoms with van der Waals surface area (Å²) in [6, 6.07) is 0. The van der Waals surface area contributed by atoms with E-state index in [-0.39, 0.29) is 11.8 Å². The number of amides is 2. The highest BCUT2D eigenvalue weighted by molar-refractivity contribution is 6.08. The van der Waals surface area contributed by atoms with Crippen molar-refractivity contribution >= 4 is 11.8 Å². The zero-order valence-corrected chi connectivity index (χ0v) is 36.5. The minimum Gasteiger partial charge on any atom is -0.333 e. The molecule has 2 unspecified atom stereocenters. The van der Waals surface area contributed by atoms with Gasteiger partial charge in [0.25, 0.3) is 11.8 Å². The first-order valence-corrected chi connectivity index (χ1v) is 23.0. The van der Waals surface area contributed by atoms with Gasteiger partial charge in [-0.2, -0.15) is 0 Å². The maximum atomic E-state index is 13.5. The number of carbonyl (C=O) groups excluding carboxylic acids is 2. The van der Waals surface area contributed by atoms with Gasteiger partial charge in [-0.15, -0.1) is 0 Å². The Morgan fingerprint density at radius 1 is 0.509 bits per heavy atom. The summed E-state index contributed by atoms with van der Waals surface area (Å²) >= 11 is 0. The molecule has 7 nitrogen and oxygen atoms in total. The summed E-state index contributed by atoms with van der Waals surface area (Å²) in [4.78, 5) is 32.6. The minimum atomic E-state index is -0.820. The minimum absolute atomic E-state index is 0.216. The number of likely N-dealkylation sites (tertiary alicyclic amines) is 1. The van der Waals surface area contributed by atoms with Crippen molar-refractivity contribution < 1.29 is 19.1 Å². The van der Waals surface area contributed by atoms with Crippen molar-refractivity contribution in [1.82, 2.24) is 14.7 Å². The van der Waals surface area contributed by atoms with Crippen LogP contribution in [-0.2, 0) is 19.1 Å². The van der Waals surface area contributed by atoms with Gasteiger partial charge in [0.2, 0.25) is 0 Å². The van der Waals surface area contributed by atoms with Crippen LogP contribution in [0.3, 0.4) is 0 Å². The largest absolute Gasteiger partial charge is 0.333 e. The van der Waals surface area contributed by atoms with E-state index in [1.165, 1.54) is 108 Å². The monoisotopic (exact) mass is 768 g/mol. The van der Waals surface area contributed by atoms with Crippen molar-refractivity contribution in [3.05, 3.63) is 48.6 Å². The fourth-order valence-electron chi connectivity index (χ4n) is 7.49. The zero-order chi connectivity index (χ0) is 39.8. The van der Waals surface area contributed by atoms with Crippen LogP contribution >= 0.6 is 0 Å². The van der Waals surface area contributed by atoms with Crippen molar-refractivity contribution in [2.75, 3.05) is 47.3 Å². The van der Waals surface area contributed by atoms with E-state index in [9.17, 15) is 9.59 Å². The molecule has 316 valence electrons. The van der Waals surface area contributed by atoms with Gasteiger partial charge in [-0.3, -0.25) is 14.5 Å². The number of likely N-dealkylation sites (N-methyl/N-ethyl adjacent to an activating group) is 2. The lowest BCUT2D eigenvalue weighted by Crippen LogP contribution is -2.43. The van der Waals surface area contributed by atoms with Crippen molar-refractivity contribution in [1.29, 1.82) is 0 Å². The number of ether oxygens (including phenoxy) is 2. The van der Waals surface area contributed by atoms with Crippen LogP contribution in [-0.4, -0.2) is 91.8 Å². The molecule has 2 heterocycles. The van der Waals surface area contributed by atoms with Crippen molar-refractivity contribution in [3.8, 4) is 0 Å². The highest BCUT2D eigenvalue weighted by Crippen LogP contribution is 2.41. The molecule has 0 spiro atoms. The molecule has 0 aromatic rings. The number of hydrogen-bond acceptors (Lipinski definition) is 6. The lowest BCUT2D eigenvalue weighted by atomic mass is 9.98. The van der Waals surface area contributed by atoms with E-state index in [4.69, 9.17) is 9.47 Å². The smallest absolute Gasteiger partial charge is 0.261 e. The number of allylic oxidation sites excluding steroid dienone is 8. The fraction of sp³-hybridized carbons (Fsp3) is 0.792. The molecular weight excluding hydrogens is 683 g/mol. The lowest BCUT2D eigenvalue weighted by molar-refractivity contribution is -0.199. The maximum absolute atomic E-state index is 13.5. The van der Waals surface area contributed by atoms with Crippen LogP contribution in [0.1, 0.15) is 181 Å². The average molecular weight is 768 g/mol. The second kappa shape index (κ2) is 32.0. The number of fused-ring (bicyclic) bond motifs is 1. The maximum Gasteiger partial charge on any atom is 0.261 e. The molecule has 7 heteroatoms. The van der Waals surface area contributed by atoms with E-state index in [1.54, 1.807) is 0 Å². The van der Waals surface area contributed by atoms with Crippen LogP contribution in [0.2, 0.25) is 0 Å². The van der Waals surface area contributed by atoms with E-state index < -0.39 is 18.0 Å². The number of imide groups is 1. The second-order valence-electron chi connectivity index (χ2n) is 16.6. The molecule has 2 amide bonds. The van der Waals surface area contributed by atoms with Crippen molar-refractivity contribution in [2.45, 2.75) is 199 Å². The van der Waals surface area contributed by atoms with Gasteiger partial charge in [0.05, 0.1) is 0 Å². The van der Waals surface area contributed by atoms with Crippen LogP contribution in [0.4, 0.5) is 0 Å². The Balaban J connectivity index is 1.73. The average Bonchev–Trinajstić information content (AvgIpc) is 3.65. The Morgan fingerprint density at radius 3 is 1.29 bits per heavy atom. The standard InChI is InChI=1S/C48H85N3O4/c1-6-8-10-12-14-16-18-20-22-24-26-28-30-32-34-36-38-48(39-37-35-33-31-29-27-25-23-21-19-17-15-13-11-9-7-2)54-44-45(55-48)47(53)51(46(44)52)43-42-50(5)41-40-49(3)4/h14-17,20-23,44-45H,6-13,18-19,24-43H2,1-5H3/b16-14-,17-15-,22-20-,23-21-. The van der Waals surface area contributed by atoms with Gasteiger partial charge < -0.3 is 19.3 Å². The molecule has 0 aliphatic carbocycles. The number of nitrogens with zero attached hydrogens (tertiary/aromatic N) is 3. The Morgan fingerprint density at radius 2 is 0.891 bits per heavy atom. The third kappa shape index (κ3) is 22.5. The first-order chi connectivity index (χ1) is 26.8. The molecule has 0 aromatic heterocycles. The zero-order valence-electron chi connectivity index (χ0n) is 36.5. The molecule has 55 heavy (non-hydrogen) atoms. The van der Waals surface area contributed by atoms with Crippen LogP contribution in [0, 0.1) is 0 Å². The normalized spacial score (nSPS) is 18.7. The van der Waals surface area contributed by atoms with Gasteiger partial charge in [-0.05, 0) is 98.2 Å². The Kier molecular flexibility index (Phi) is 28.5. The highest BCUT2D eigenvalue weighted by Gasteiger charge is 2.59. The molecule has 0 N–H and O–H groups in total. The van der Waals surface area contributed by atoms with Crippen molar-refractivity contribution in [2.24, 2.45) is 0 Å². The third-order valence-electron chi connectivity index (χ3n) is 11.1. The molecular formula is C48H85N3O4. The molecule has 0 saturated carbocycles. The van der Waals surface area contributed by atoms with Gasteiger partial charge in [-0.25, -0.2) is 0 Å². The molecule has 2 aliphatic rings. The van der Waals surface area contributed by atoms with E-state index >= 15 is 0 Å². The van der Waals surface area contributed by atoms with E-state index in [1.807, 2.05) is 7.05 Å². The van der Waals surface area contributed by atoms with Gasteiger partial charge in [0.1, 0.15) is 0 Å². The summed E-state index contributed by atoms with van der Waals surface area (Å²) in [5.74, 6) is -1.25. The molecule has 2 aliphatic heterocycles. The molecule has 0 radical (unpaired) electrons. The van der Waals surface area contributed by atoms with Crippen LogP contribution in [0.15, 0.2) is 48.6 Å². The summed E-state index contributed by atoms with van der Waals surface area (Å²) in [5, 5.41) is 0. The number of carbonyl (C=O) groups is 2. The quantitative estimate of drug-likeness (QED) is 0.0359. The van der Waals surface area contributed by atoms with Crippen LogP contribution in [0.5, 0.6) is 0 Å². The molecule has 2 rings (SSSR count). The Hall–Kier alpha value is -2.06. The molecule has 0 bridgehead atoms. The van der Waals surface area contributed by atoms with Crippen molar-refractivity contribution in [3.63, 3.8) is 0 Å². The SMILES string of the molecule is CCCCC/C=C\C/C=C\CCCCCCCCC1(CCCCCCCC/C=C\C/C=C\CCCCC)OC2C(=O)N(CCN(C)CCN(C)C)C(=O)C2O1. The predicted molar refractivity (Wildman–Crippen MR) is 233 cm³/mol. The first-order valence-electron chi connectivity index (χ1n) is 23.0. The molecule has 2 fully saturated rings. The molecule has 0 aromatic carbocycles. The number of rotatable bonds is 36. The Labute approximate surface area is 339 Å². The summed E-state index contributed by atoms with van der Waals surface area (Å²) in [5.41, 5.74) is 0. The lowest BCUT2D eigenvalue weighted by Gasteiger charge is -2.30. The first kappa shape index (κ1) is 49.1. The molecule has 2 atom stereocenters. The van der Waals surface area contributed by atoms with E-state index in [0.29, 0.717) is 13.1 Å².